The highest BCUT2D eigenvalue weighted by molar-refractivity contribution is 5.98. The average Bonchev–Trinajstić information content (AvgIpc) is 3.39. The van der Waals surface area contributed by atoms with Crippen molar-refractivity contribution in [2.75, 3.05) is 24.5 Å². The number of imidazole rings is 1. The second-order valence-corrected chi connectivity index (χ2v) is 7.29. The Bertz CT molecular complexity index is 1080. The van der Waals surface area contributed by atoms with Crippen LogP contribution in [0.5, 0.6) is 0 Å². The number of nitrogens with one attached hydrogen (secondary N) is 2. The molecular formula is C22H21N5O2. The molecule has 7 heteroatoms. The van der Waals surface area contributed by atoms with Gasteiger partial charge in [-0.1, -0.05) is 36.4 Å². The van der Waals surface area contributed by atoms with Crippen LogP contribution >= 0.6 is 0 Å². The molecule has 0 bridgehead atoms. The zero-order valence-corrected chi connectivity index (χ0v) is 15.9. The maximum atomic E-state index is 13.1. The number of H-pyrrole nitrogens is 1. The fraction of sp³-hybridized carbons (Fsp3) is 0.227. The third-order valence-corrected chi connectivity index (χ3v) is 5.43. The van der Waals surface area contributed by atoms with Crippen molar-refractivity contribution in [2.24, 2.45) is 0 Å². The zero-order valence-electron chi connectivity index (χ0n) is 15.9. The number of amides is 3. The predicted molar refractivity (Wildman–Crippen MR) is 110 cm³/mol. The van der Waals surface area contributed by atoms with E-state index in [2.05, 4.69) is 10.3 Å². The van der Waals surface area contributed by atoms with Gasteiger partial charge in [-0.2, -0.15) is 0 Å². The fourth-order valence-corrected chi connectivity index (χ4v) is 3.91. The fourth-order valence-electron chi connectivity index (χ4n) is 3.91. The lowest BCUT2D eigenvalue weighted by molar-refractivity contribution is 0.0732. The van der Waals surface area contributed by atoms with Gasteiger partial charge >= 0.3 is 6.03 Å². The van der Waals surface area contributed by atoms with Crippen molar-refractivity contribution in [1.82, 2.24) is 20.2 Å². The van der Waals surface area contributed by atoms with Gasteiger partial charge in [0.25, 0.3) is 5.91 Å². The van der Waals surface area contributed by atoms with Gasteiger partial charge < -0.3 is 15.2 Å². The van der Waals surface area contributed by atoms with Crippen molar-refractivity contribution in [2.45, 2.75) is 13.0 Å². The number of rotatable bonds is 3. The number of urea groups is 1. The van der Waals surface area contributed by atoms with Gasteiger partial charge in [-0.15, -0.1) is 0 Å². The molecule has 0 radical (unpaired) electrons. The summed E-state index contributed by atoms with van der Waals surface area (Å²) >= 11 is 0. The summed E-state index contributed by atoms with van der Waals surface area (Å²) in [7, 11) is 0. The van der Waals surface area contributed by atoms with E-state index in [1.54, 1.807) is 17.0 Å². The Kier molecular flexibility index (Phi) is 4.27. The lowest BCUT2D eigenvalue weighted by Gasteiger charge is -2.26. The number of nitrogens with zero attached hydrogens (tertiary/aromatic N) is 3. The summed E-state index contributed by atoms with van der Waals surface area (Å²) < 4.78 is 0. The minimum atomic E-state index is -0.122. The molecule has 0 aliphatic carbocycles. The summed E-state index contributed by atoms with van der Waals surface area (Å²) in [5, 5.41) is 2.79. The summed E-state index contributed by atoms with van der Waals surface area (Å²) in [6.45, 7) is 2.36. The van der Waals surface area contributed by atoms with Crippen LogP contribution in [0.1, 0.15) is 21.7 Å². The van der Waals surface area contributed by atoms with Crippen LogP contribution in [-0.2, 0) is 13.0 Å². The number of carbonyl (C=O) groups is 2. The molecule has 29 heavy (non-hydrogen) atoms. The molecule has 0 spiro atoms. The van der Waals surface area contributed by atoms with E-state index in [4.69, 9.17) is 4.98 Å². The van der Waals surface area contributed by atoms with Gasteiger partial charge in [0.2, 0.25) is 0 Å². The maximum absolute atomic E-state index is 13.1. The van der Waals surface area contributed by atoms with E-state index < -0.39 is 0 Å². The first-order valence-electron chi connectivity index (χ1n) is 9.77. The molecule has 0 unspecified atom stereocenters. The second-order valence-electron chi connectivity index (χ2n) is 7.29. The van der Waals surface area contributed by atoms with Crippen molar-refractivity contribution in [3.63, 3.8) is 0 Å². The van der Waals surface area contributed by atoms with Crippen molar-refractivity contribution >= 4 is 17.6 Å². The minimum absolute atomic E-state index is 0.0343. The lowest BCUT2D eigenvalue weighted by Crippen LogP contribution is -2.36. The van der Waals surface area contributed by atoms with Crippen LogP contribution in [0.2, 0.25) is 0 Å². The van der Waals surface area contributed by atoms with Gasteiger partial charge in [0.1, 0.15) is 5.82 Å². The van der Waals surface area contributed by atoms with Crippen LogP contribution < -0.4 is 10.2 Å². The molecule has 2 aromatic carbocycles. The molecule has 1 saturated heterocycles. The SMILES string of the molecule is O=C(c1cccc(N2CCNC2=O)c1)N1CCc2nc(-c3ccccc3)[nH]c2C1. The topological polar surface area (TPSA) is 81.3 Å². The Morgan fingerprint density at radius 3 is 2.69 bits per heavy atom. The van der Waals surface area contributed by atoms with Crippen molar-refractivity contribution in [3.05, 3.63) is 71.5 Å². The van der Waals surface area contributed by atoms with E-state index in [1.807, 2.05) is 47.4 Å². The first kappa shape index (κ1) is 17.5. The largest absolute Gasteiger partial charge is 0.340 e. The lowest BCUT2D eigenvalue weighted by atomic mass is 10.1. The van der Waals surface area contributed by atoms with Crippen LogP contribution in [0.4, 0.5) is 10.5 Å². The first-order valence-corrected chi connectivity index (χ1v) is 9.77. The average molecular weight is 387 g/mol. The van der Waals surface area contributed by atoms with Gasteiger partial charge in [-0.3, -0.25) is 9.69 Å². The molecule has 3 heterocycles. The van der Waals surface area contributed by atoms with Crippen LogP contribution in [0.3, 0.4) is 0 Å². The number of carbonyl (C=O) groups excluding carboxylic acids is 2. The van der Waals surface area contributed by atoms with Gasteiger partial charge in [-0.25, -0.2) is 9.78 Å². The van der Waals surface area contributed by atoms with Crippen LogP contribution in [0.15, 0.2) is 54.6 Å². The number of aromatic amines is 1. The molecule has 3 aromatic rings. The summed E-state index contributed by atoms with van der Waals surface area (Å²) in [5.41, 5.74) is 4.38. The molecule has 3 amide bonds. The van der Waals surface area contributed by atoms with E-state index in [0.717, 1.165) is 34.9 Å². The highest BCUT2D eigenvalue weighted by atomic mass is 16.2. The zero-order chi connectivity index (χ0) is 19.8. The van der Waals surface area contributed by atoms with Gasteiger partial charge in [0.05, 0.1) is 17.9 Å². The molecule has 7 nitrogen and oxygen atoms in total. The maximum Gasteiger partial charge on any atom is 0.321 e. The van der Waals surface area contributed by atoms with Crippen LogP contribution in [-0.4, -0.2) is 46.4 Å². The number of anilines is 1. The number of hydrogen-bond acceptors (Lipinski definition) is 3. The van der Waals surface area contributed by atoms with E-state index in [-0.39, 0.29) is 11.9 Å². The highest BCUT2D eigenvalue weighted by Gasteiger charge is 2.26. The van der Waals surface area contributed by atoms with E-state index in [1.165, 1.54) is 0 Å². The summed E-state index contributed by atoms with van der Waals surface area (Å²) in [4.78, 5) is 36.6. The van der Waals surface area contributed by atoms with Gasteiger partial charge in [0.15, 0.2) is 0 Å². The van der Waals surface area contributed by atoms with Crippen molar-refractivity contribution < 1.29 is 9.59 Å². The monoisotopic (exact) mass is 387 g/mol. The van der Waals surface area contributed by atoms with Crippen LogP contribution in [0.25, 0.3) is 11.4 Å². The number of aromatic nitrogens is 2. The molecule has 2 aliphatic heterocycles. The normalized spacial score (nSPS) is 15.9. The first-order chi connectivity index (χ1) is 14.2. The number of hydrogen-bond donors (Lipinski definition) is 2. The molecule has 2 aliphatic rings. The standard InChI is InChI=1S/C22H21N5O2/c28-21(16-7-4-8-17(13-16)27-12-10-23-22(27)29)26-11-9-18-19(14-26)25-20(24-18)15-5-2-1-3-6-15/h1-8,13H,9-12,14H2,(H,23,29)(H,24,25). The summed E-state index contributed by atoms with van der Waals surface area (Å²) in [5.74, 6) is 0.805. The molecule has 5 rings (SSSR count). The Morgan fingerprint density at radius 1 is 1.03 bits per heavy atom. The molecule has 1 aromatic heterocycles. The smallest absolute Gasteiger partial charge is 0.321 e. The molecule has 0 atom stereocenters. The number of benzene rings is 2. The molecule has 2 N–H and O–H groups in total. The molecular weight excluding hydrogens is 366 g/mol. The second kappa shape index (κ2) is 7.09. The Morgan fingerprint density at radius 2 is 1.90 bits per heavy atom. The van der Waals surface area contributed by atoms with Gasteiger partial charge in [-0.05, 0) is 18.2 Å². The number of fused-ring (bicyclic) bond motifs is 1. The quantitative estimate of drug-likeness (QED) is 0.725. The van der Waals surface area contributed by atoms with Crippen molar-refractivity contribution in [1.29, 1.82) is 0 Å². The minimum Gasteiger partial charge on any atom is -0.340 e. The van der Waals surface area contributed by atoms with Crippen LogP contribution in [0, 0.1) is 0 Å². The molecule has 146 valence electrons. The van der Waals surface area contributed by atoms with E-state index in [9.17, 15) is 9.59 Å². The summed E-state index contributed by atoms with van der Waals surface area (Å²) in [6.07, 6.45) is 0.721. The Labute approximate surface area is 168 Å². The summed E-state index contributed by atoms with van der Waals surface area (Å²) in [6, 6.07) is 17.2. The van der Waals surface area contributed by atoms with Gasteiger partial charge in [0, 0.05) is 42.9 Å². The highest BCUT2D eigenvalue weighted by Crippen LogP contribution is 2.25. The third-order valence-electron chi connectivity index (χ3n) is 5.43. The Balaban J connectivity index is 1.36. The van der Waals surface area contributed by atoms with E-state index in [0.29, 0.717) is 31.7 Å². The molecule has 0 saturated carbocycles. The predicted octanol–water partition coefficient (Wildman–Crippen LogP) is 2.80. The van der Waals surface area contributed by atoms with E-state index >= 15 is 0 Å². The molecule has 1 fully saturated rings. The Hall–Kier alpha value is -3.61. The van der Waals surface area contributed by atoms with Crippen molar-refractivity contribution in [3.8, 4) is 11.4 Å². The third kappa shape index (κ3) is 3.24.